The predicted molar refractivity (Wildman–Crippen MR) is 80.0 cm³/mol. The Bertz CT molecular complexity index is 593. The average Bonchev–Trinajstić information content (AvgIpc) is 2.98. The Morgan fingerprint density at radius 2 is 2.10 bits per heavy atom. The Morgan fingerprint density at radius 3 is 2.80 bits per heavy atom. The Morgan fingerprint density at radius 1 is 1.30 bits per heavy atom. The van der Waals surface area contributed by atoms with Crippen LogP contribution in [0.2, 0.25) is 0 Å². The van der Waals surface area contributed by atoms with E-state index in [1.165, 1.54) is 12.8 Å². The van der Waals surface area contributed by atoms with E-state index < -0.39 is 0 Å². The van der Waals surface area contributed by atoms with Gasteiger partial charge in [0.1, 0.15) is 0 Å². The number of nitrogens with one attached hydrogen (secondary N) is 1. The Hall–Kier alpha value is -1.49. The molecule has 0 spiro atoms. The zero-order valence-electron chi connectivity index (χ0n) is 11.8. The molecule has 1 fully saturated rings. The van der Waals surface area contributed by atoms with Crippen LogP contribution in [-0.4, -0.2) is 17.7 Å². The maximum absolute atomic E-state index is 5.86. The van der Waals surface area contributed by atoms with Crippen LogP contribution in [0.25, 0.3) is 10.9 Å². The van der Waals surface area contributed by atoms with Crippen molar-refractivity contribution in [1.82, 2.24) is 10.4 Å². The smallest absolute Gasteiger partial charge is 0.0885 e. The first-order chi connectivity index (χ1) is 9.79. The monoisotopic (exact) mass is 271 g/mol. The molecule has 0 aliphatic heterocycles. The molecule has 4 nitrogen and oxygen atoms in total. The standard InChI is InChI=1S/C16H21N3O/c1-20-16(8-2-3-9-16)15(19-17)13-7-6-12-5-4-10-18-14(12)11-13/h4-7,10-11,15,19H,2-3,8-9,17H2,1H3. The molecule has 1 aromatic carbocycles. The number of benzene rings is 1. The van der Waals surface area contributed by atoms with Crippen molar-refractivity contribution in [3.05, 3.63) is 42.1 Å². The molecular weight excluding hydrogens is 250 g/mol. The van der Waals surface area contributed by atoms with Gasteiger partial charge in [-0.15, -0.1) is 0 Å². The summed E-state index contributed by atoms with van der Waals surface area (Å²) in [4.78, 5) is 4.42. The third kappa shape index (κ3) is 2.20. The molecule has 1 aromatic heterocycles. The van der Waals surface area contributed by atoms with Crippen LogP contribution in [-0.2, 0) is 4.74 Å². The van der Waals surface area contributed by atoms with Crippen molar-refractivity contribution < 1.29 is 4.74 Å². The quantitative estimate of drug-likeness (QED) is 0.663. The number of fused-ring (bicyclic) bond motifs is 1. The summed E-state index contributed by atoms with van der Waals surface area (Å²) >= 11 is 0. The van der Waals surface area contributed by atoms with Gasteiger partial charge in [-0.1, -0.05) is 31.0 Å². The van der Waals surface area contributed by atoms with E-state index in [1.807, 2.05) is 12.3 Å². The molecule has 1 aliphatic carbocycles. The highest BCUT2D eigenvalue weighted by Crippen LogP contribution is 2.42. The minimum Gasteiger partial charge on any atom is -0.376 e. The van der Waals surface area contributed by atoms with E-state index in [9.17, 15) is 0 Å². The Labute approximate surface area is 119 Å². The highest BCUT2D eigenvalue weighted by atomic mass is 16.5. The van der Waals surface area contributed by atoms with Gasteiger partial charge in [-0.2, -0.15) is 0 Å². The van der Waals surface area contributed by atoms with Gasteiger partial charge < -0.3 is 4.74 Å². The summed E-state index contributed by atoms with van der Waals surface area (Å²) in [6.45, 7) is 0. The normalized spacial score (nSPS) is 19.3. The molecule has 1 atom stereocenters. The van der Waals surface area contributed by atoms with Crippen molar-refractivity contribution in [2.75, 3.05) is 7.11 Å². The van der Waals surface area contributed by atoms with Crippen molar-refractivity contribution in [2.45, 2.75) is 37.3 Å². The van der Waals surface area contributed by atoms with Gasteiger partial charge in [0.15, 0.2) is 0 Å². The van der Waals surface area contributed by atoms with Crippen molar-refractivity contribution in [3.8, 4) is 0 Å². The van der Waals surface area contributed by atoms with E-state index in [-0.39, 0.29) is 11.6 Å². The summed E-state index contributed by atoms with van der Waals surface area (Å²) in [5.74, 6) is 5.84. The molecular formula is C16H21N3O. The minimum atomic E-state index is -0.197. The molecule has 1 aliphatic rings. The summed E-state index contributed by atoms with van der Waals surface area (Å²) < 4.78 is 5.86. The molecule has 3 N–H and O–H groups in total. The van der Waals surface area contributed by atoms with Gasteiger partial charge in [-0.25, -0.2) is 0 Å². The molecule has 0 amide bonds. The fourth-order valence-corrected chi connectivity index (χ4v) is 3.40. The van der Waals surface area contributed by atoms with E-state index in [4.69, 9.17) is 10.6 Å². The molecule has 2 aromatic rings. The summed E-state index contributed by atoms with van der Waals surface area (Å²) in [5.41, 5.74) is 4.90. The fraction of sp³-hybridized carbons (Fsp3) is 0.438. The lowest BCUT2D eigenvalue weighted by Crippen LogP contribution is -2.46. The zero-order chi connectivity index (χ0) is 14.0. The number of hydrazine groups is 1. The maximum atomic E-state index is 5.86. The van der Waals surface area contributed by atoms with Crippen LogP contribution in [0.15, 0.2) is 36.5 Å². The van der Waals surface area contributed by atoms with E-state index in [2.05, 4.69) is 34.7 Å². The van der Waals surface area contributed by atoms with Gasteiger partial charge >= 0.3 is 0 Å². The average molecular weight is 271 g/mol. The van der Waals surface area contributed by atoms with E-state index in [0.29, 0.717) is 0 Å². The zero-order valence-corrected chi connectivity index (χ0v) is 11.8. The lowest BCUT2D eigenvalue weighted by atomic mass is 9.86. The van der Waals surface area contributed by atoms with Crippen LogP contribution in [0, 0.1) is 0 Å². The van der Waals surface area contributed by atoms with Crippen LogP contribution < -0.4 is 11.3 Å². The van der Waals surface area contributed by atoms with Gasteiger partial charge in [-0.3, -0.25) is 16.3 Å². The summed E-state index contributed by atoms with van der Waals surface area (Å²) in [6.07, 6.45) is 6.28. The molecule has 4 heteroatoms. The number of methoxy groups -OCH3 is 1. The number of rotatable bonds is 4. The van der Waals surface area contributed by atoms with Crippen molar-refractivity contribution in [2.24, 2.45) is 5.84 Å². The molecule has 0 bridgehead atoms. The second-order valence-electron chi connectivity index (χ2n) is 5.53. The van der Waals surface area contributed by atoms with Crippen LogP contribution >= 0.6 is 0 Å². The van der Waals surface area contributed by atoms with Gasteiger partial charge in [-0.05, 0) is 30.5 Å². The first kappa shape index (κ1) is 13.5. The largest absolute Gasteiger partial charge is 0.376 e. The first-order valence-corrected chi connectivity index (χ1v) is 7.15. The number of aromatic nitrogens is 1. The fourth-order valence-electron chi connectivity index (χ4n) is 3.40. The highest BCUT2D eigenvalue weighted by molar-refractivity contribution is 5.79. The van der Waals surface area contributed by atoms with E-state index >= 15 is 0 Å². The number of hydrogen-bond donors (Lipinski definition) is 2. The number of nitrogens with two attached hydrogens (primary N) is 1. The van der Waals surface area contributed by atoms with Gasteiger partial charge in [0.25, 0.3) is 0 Å². The molecule has 106 valence electrons. The molecule has 1 heterocycles. The van der Waals surface area contributed by atoms with Crippen LogP contribution in [0.3, 0.4) is 0 Å². The number of ether oxygens (including phenoxy) is 1. The maximum Gasteiger partial charge on any atom is 0.0885 e. The Balaban J connectivity index is 2.02. The number of hydrogen-bond acceptors (Lipinski definition) is 4. The third-order valence-electron chi connectivity index (χ3n) is 4.51. The minimum absolute atomic E-state index is 0.00130. The van der Waals surface area contributed by atoms with Gasteiger partial charge in [0.05, 0.1) is 17.2 Å². The van der Waals surface area contributed by atoms with Crippen molar-refractivity contribution >= 4 is 10.9 Å². The van der Waals surface area contributed by atoms with Gasteiger partial charge in [0.2, 0.25) is 0 Å². The molecule has 20 heavy (non-hydrogen) atoms. The van der Waals surface area contributed by atoms with E-state index in [1.54, 1.807) is 7.11 Å². The molecule has 3 rings (SSSR count). The van der Waals surface area contributed by atoms with Crippen molar-refractivity contribution in [1.29, 1.82) is 0 Å². The second kappa shape index (κ2) is 5.48. The molecule has 1 unspecified atom stereocenters. The Kier molecular flexibility index (Phi) is 3.70. The molecule has 0 saturated heterocycles. The summed E-state index contributed by atoms with van der Waals surface area (Å²) in [6, 6.07) is 10.3. The predicted octanol–water partition coefficient (Wildman–Crippen LogP) is 2.70. The molecule has 0 radical (unpaired) electrons. The topological polar surface area (TPSA) is 60.2 Å². The van der Waals surface area contributed by atoms with Crippen LogP contribution in [0.1, 0.15) is 37.3 Å². The van der Waals surface area contributed by atoms with Crippen LogP contribution in [0.4, 0.5) is 0 Å². The first-order valence-electron chi connectivity index (χ1n) is 7.15. The summed E-state index contributed by atoms with van der Waals surface area (Å²) in [7, 11) is 1.79. The third-order valence-corrected chi connectivity index (χ3v) is 4.51. The SMILES string of the molecule is COC1(C(NN)c2ccc3cccnc3c2)CCCC1. The van der Waals surface area contributed by atoms with E-state index in [0.717, 1.165) is 29.3 Å². The number of pyridine rings is 1. The number of nitrogens with zero attached hydrogens (tertiary/aromatic N) is 1. The van der Waals surface area contributed by atoms with Crippen LogP contribution in [0.5, 0.6) is 0 Å². The summed E-state index contributed by atoms with van der Waals surface area (Å²) in [5, 5.41) is 1.14. The lowest BCUT2D eigenvalue weighted by Gasteiger charge is -2.36. The second-order valence-corrected chi connectivity index (χ2v) is 5.53. The van der Waals surface area contributed by atoms with Crippen molar-refractivity contribution in [3.63, 3.8) is 0 Å². The van der Waals surface area contributed by atoms with Gasteiger partial charge in [0, 0.05) is 18.7 Å². The lowest BCUT2D eigenvalue weighted by molar-refractivity contribution is -0.0368. The highest BCUT2D eigenvalue weighted by Gasteiger charge is 2.42. The molecule has 1 saturated carbocycles.